The van der Waals surface area contributed by atoms with Gasteiger partial charge in [0.1, 0.15) is 29.4 Å². The van der Waals surface area contributed by atoms with Crippen molar-refractivity contribution in [2.45, 2.75) is 44.1 Å². The van der Waals surface area contributed by atoms with Crippen molar-refractivity contribution < 1.29 is 24.8 Å². The maximum atomic E-state index is 10.6. The number of aryl methyl sites for hydroxylation is 1. The first-order valence-corrected chi connectivity index (χ1v) is 13.7. The van der Waals surface area contributed by atoms with Gasteiger partial charge in [-0.2, -0.15) is 0 Å². The first kappa shape index (κ1) is 24.4. The molecule has 0 radical (unpaired) electrons. The van der Waals surface area contributed by atoms with E-state index in [0.717, 1.165) is 37.5 Å². The van der Waals surface area contributed by atoms with Crippen LogP contribution >= 0.6 is 11.3 Å². The lowest BCUT2D eigenvalue weighted by atomic mass is 9.98. The van der Waals surface area contributed by atoms with Gasteiger partial charge in [-0.05, 0) is 35.4 Å². The molecule has 7 rings (SSSR count). The average Bonchev–Trinajstić information content (AvgIpc) is 3.67. The molecule has 0 amide bonds. The molecule has 2 aromatic heterocycles. The van der Waals surface area contributed by atoms with Crippen molar-refractivity contribution in [3.05, 3.63) is 89.1 Å². The topological polar surface area (TPSA) is 109 Å². The van der Waals surface area contributed by atoms with E-state index in [9.17, 15) is 15.3 Å². The van der Waals surface area contributed by atoms with Crippen LogP contribution in [-0.2, 0) is 16.0 Å². The average molecular weight is 542 g/mol. The standard InChI is InChI=1S/C30H27N3O5S/c1-16-12-31-29(39-16)20-8-9-21-22(28-32-25-27(36)26(35)24(15-34)37-30(25)38-28)14-33(23(21)11-20)13-17-6-7-18-4-2-3-5-19(18)10-17/h2-12,14,24-27,30,34-36H,13,15H2,1H3/t24-,25-,26-,27-,30-/m1/s1. The first-order chi connectivity index (χ1) is 19.0. The van der Waals surface area contributed by atoms with Crippen LogP contribution in [0.1, 0.15) is 16.0 Å². The fourth-order valence-electron chi connectivity index (χ4n) is 5.46. The molecule has 0 saturated carbocycles. The second-order valence-electron chi connectivity index (χ2n) is 10.1. The van der Waals surface area contributed by atoms with Gasteiger partial charge in [0.2, 0.25) is 12.2 Å². The zero-order valence-corrected chi connectivity index (χ0v) is 22.0. The smallest absolute Gasteiger partial charge is 0.227 e. The molecule has 2 aliphatic rings. The maximum Gasteiger partial charge on any atom is 0.227 e. The van der Waals surface area contributed by atoms with Crippen molar-refractivity contribution in [3.8, 4) is 10.6 Å². The summed E-state index contributed by atoms with van der Waals surface area (Å²) < 4.78 is 14.0. The Bertz CT molecular complexity index is 1730. The normalized spacial score (nSPS) is 24.6. The van der Waals surface area contributed by atoms with Crippen molar-refractivity contribution in [2.75, 3.05) is 6.61 Å². The van der Waals surface area contributed by atoms with Crippen LogP contribution in [0.25, 0.3) is 32.2 Å². The van der Waals surface area contributed by atoms with Crippen LogP contribution in [0.5, 0.6) is 0 Å². The SMILES string of the molecule is Cc1cnc(-c2ccc3c(C4=N[C@H]5[C@@H](O4)O[C@H](CO)[C@@H](O)[C@@H]5O)cn(Cc4ccc5ccccc5c4)c3c2)s1. The fourth-order valence-corrected chi connectivity index (χ4v) is 6.22. The molecule has 2 aliphatic heterocycles. The number of aliphatic hydroxyl groups excluding tert-OH is 3. The number of benzene rings is 3. The molecule has 5 aromatic rings. The molecule has 8 nitrogen and oxygen atoms in total. The monoisotopic (exact) mass is 541 g/mol. The highest BCUT2D eigenvalue weighted by Gasteiger charge is 2.49. The Morgan fingerprint density at radius 1 is 1.00 bits per heavy atom. The number of fused-ring (bicyclic) bond motifs is 3. The molecule has 0 bridgehead atoms. The number of hydrogen-bond donors (Lipinski definition) is 3. The summed E-state index contributed by atoms with van der Waals surface area (Å²) >= 11 is 1.65. The minimum absolute atomic E-state index is 0.343. The van der Waals surface area contributed by atoms with Crippen molar-refractivity contribution in [1.82, 2.24) is 9.55 Å². The number of nitrogens with zero attached hydrogens (tertiary/aromatic N) is 3. The fraction of sp³-hybridized carbons (Fsp3) is 0.267. The lowest BCUT2D eigenvalue weighted by Gasteiger charge is -2.36. The molecule has 9 heteroatoms. The van der Waals surface area contributed by atoms with E-state index in [1.165, 1.54) is 10.8 Å². The number of hydrogen-bond acceptors (Lipinski definition) is 8. The van der Waals surface area contributed by atoms with Gasteiger partial charge in [0, 0.05) is 40.3 Å². The van der Waals surface area contributed by atoms with E-state index in [1.807, 2.05) is 43.6 Å². The van der Waals surface area contributed by atoms with Gasteiger partial charge in [-0.3, -0.25) is 0 Å². The number of rotatable bonds is 5. The van der Waals surface area contributed by atoms with Gasteiger partial charge in [-0.15, -0.1) is 11.3 Å². The molecule has 198 valence electrons. The number of aliphatic hydroxyl groups is 3. The summed E-state index contributed by atoms with van der Waals surface area (Å²) in [6, 6.07) is 20.2. The molecule has 39 heavy (non-hydrogen) atoms. The van der Waals surface area contributed by atoms with Gasteiger partial charge in [-0.25, -0.2) is 9.98 Å². The third-order valence-electron chi connectivity index (χ3n) is 7.49. The van der Waals surface area contributed by atoms with Crippen LogP contribution < -0.4 is 0 Å². The molecule has 0 unspecified atom stereocenters. The summed E-state index contributed by atoms with van der Waals surface area (Å²) in [4.78, 5) is 10.4. The zero-order chi connectivity index (χ0) is 26.7. The number of thiazole rings is 1. The van der Waals surface area contributed by atoms with Gasteiger partial charge in [-0.1, -0.05) is 48.5 Å². The van der Waals surface area contributed by atoms with Gasteiger partial charge < -0.3 is 29.4 Å². The minimum atomic E-state index is -1.25. The zero-order valence-electron chi connectivity index (χ0n) is 21.1. The predicted molar refractivity (Wildman–Crippen MR) is 150 cm³/mol. The third-order valence-corrected chi connectivity index (χ3v) is 8.45. The van der Waals surface area contributed by atoms with Crippen LogP contribution in [-0.4, -0.2) is 68.0 Å². The molecule has 0 aliphatic carbocycles. The van der Waals surface area contributed by atoms with Crippen LogP contribution in [0.15, 0.2) is 78.0 Å². The van der Waals surface area contributed by atoms with Crippen LogP contribution in [0.2, 0.25) is 0 Å². The third kappa shape index (κ3) is 4.23. The molecule has 3 aromatic carbocycles. The Kier molecular flexibility index (Phi) is 5.98. The summed E-state index contributed by atoms with van der Waals surface area (Å²) in [6.45, 7) is 2.25. The van der Waals surface area contributed by atoms with Crippen molar-refractivity contribution in [2.24, 2.45) is 4.99 Å². The minimum Gasteiger partial charge on any atom is -0.445 e. The number of aliphatic imine (C=N–C) groups is 1. The quantitative estimate of drug-likeness (QED) is 0.312. The van der Waals surface area contributed by atoms with Crippen LogP contribution in [0.4, 0.5) is 0 Å². The van der Waals surface area contributed by atoms with E-state index in [0.29, 0.717) is 12.4 Å². The van der Waals surface area contributed by atoms with Crippen molar-refractivity contribution in [1.29, 1.82) is 0 Å². The summed E-state index contributed by atoms with van der Waals surface area (Å²) in [5, 5.41) is 34.8. The summed E-state index contributed by atoms with van der Waals surface area (Å²) in [5.41, 5.74) is 3.95. The highest BCUT2D eigenvalue weighted by molar-refractivity contribution is 7.14. The summed E-state index contributed by atoms with van der Waals surface area (Å²) in [6.07, 6.45) is -0.377. The second-order valence-corrected chi connectivity index (χ2v) is 11.3. The first-order valence-electron chi connectivity index (χ1n) is 12.9. The lowest BCUT2D eigenvalue weighted by molar-refractivity contribution is -0.234. The summed E-state index contributed by atoms with van der Waals surface area (Å²) in [5.74, 6) is 0.343. The molecular formula is C30H27N3O5S. The highest BCUT2D eigenvalue weighted by Crippen LogP contribution is 2.35. The van der Waals surface area contributed by atoms with E-state index in [2.05, 4.69) is 50.9 Å². The molecule has 1 fully saturated rings. The Labute approximate surface area is 228 Å². The Morgan fingerprint density at radius 2 is 1.85 bits per heavy atom. The van der Waals surface area contributed by atoms with Gasteiger partial charge >= 0.3 is 0 Å². The Balaban J connectivity index is 1.32. The largest absolute Gasteiger partial charge is 0.445 e. The Morgan fingerprint density at radius 3 is 2.64 bits per heavy atom. The van der Waals surface area contributed by atoms with Gasteiger partial charge in [0.05, 0.1) is 12.2 Å². The van der Waals surface area contributed by atoms with E-state index < -0.39 is 37.3 Å². The van der Waals surface area contributed by atoms with E-state index >= 15 is 0 Å². The van der Waals surface area contributed by atoms with E-state index in [4.69, 9.17) is 9.47 Å². The highest BCUT2D eigenvalue weighted by atomic mass is 32.1. The van der Waals surface area contributed by atoms with Crippen LogP contribution in [0, 0.1) is 6.92 Å². The summed E-state index contributed by atoms with van der Waals surface area (Å²) in [7, 11) is 0. The number of ether oxygens (including phenoxy) is 2. The Hall–Kier alpha value is -3.60. The lowest BCUT2D eigenvalue weighted by Crippen LogP contribution is -2.56. The number of aromatic nitrogens is 2. The van der Waals surface area contributed by atoms with Crippen molar-refractivity contribution >= 4 is 38.9 Å². The predicted octanol–water partition coefficient (Wildman–Crippen LogP) is 3.86. The van der Waals surface area contributed by atoms with Crippen molar-refractivity contribution in [3.63, 3.8) is 0 Å². The molecule has 4 heterocycles. The van der Waals surface area contributed by atoms with E-state index in [1.54, 1.807) is 11.3 Å². The molecule has 3 N–H and O–H groups in total. The molecule has 5 atom stereocenters. The second kappa shape index (κ2) is 9.55. The van der Waals surface area contributed by atoms with Gasteiger partial charge in [0.25, 0.3) is 0 Å². The van der Waals surface area contributed by atoms with E-state index in [-0.39, 0.29) is 0 Å². The van der Waals surface area contributed by atoms with Gasteiger partial charge in [0.15, 0.2) is 0 Å². The van der Waals surface area contributed by atoms with Crippen LogP contribution in [0.3, 0.4) is 0 Å². The molecular weight excluding hydrogens is 514 g/mol. The maximum absolute atomic E-state index is 10.6. The molecule has 1 saturated heterocycles. The molecule has 0 spiro atoms.